The summed E-state index contributed by atoms with van der Waals surface area (Å²) in [5, 5.41) is 12.9. The SMILES string of the molecule is c1cnc2ccc(Cc3cnc4ccc(NCC5CCCN5)nn34)cc2c1. The summed E-state index contributed by atoms with van der Waals surface area (Å²) in [6.07, 6.45) is 7.00. The van der Waals surface area contributed by atoms with E-state index in [1.54, 1.807) is 0 Å². The summed E-state index contributed by atoms with van der Waals surface area (Å²) in [4.78, 5) is 8.89. The van der Waals surface area contributed by atoms with E-state index in [4.69, 9.17) is 5.10 Å². The minimum absolute atomic E-state index is 0.538. The highest BCUT2D eigenvalue weighted by Crippen LogP contribution is 2.18. The second-order valence-corrected chi connectivity index (χ2v) is 7.12. The third-order valence-corrected chi connectivity index (χ3v) is 5.18. The zero-order valence-electron chi connectivity index (χ0n) is 15.1. The molecule has 6 nitrogen and oxygen atoms in total. The van der Waals surface area contributed by atoms with Crippen LogP contribution in [0.25, 0.3) is 16.6 Å². The van der Waals surface area contributed by atoms with E-state index in [0.29, 0.717) is 6.04 Å². The van der Waals surface area contributed by atoms with Gasteiger partial charge in [-0.25, -0.2) is 9.50 Å². The molecule has 1 atom stereocenters. The molecule has 4 heterocycles. The summed E-state index contributed by atoms with van der Waals surface area (Å²) in [6.45, 7) is 2.02. The number of aromatic nitrogens is 4. The smallest absolute Gasteiger partial charge is 0.153 e. The zero-order chi connectivity index (χ0) is 18.1. The van der Waals surface area contributed by atoms with E-state index in [9.17, 15) is 0 Å². The Hall–Kier alpha value is -2.99. The van der Waals surface area contributed by atoms with Gasteiger partial charge < -0.3 is 10.6 Å². The van der Waals surface area contributed by atoms with Crippen molar-refractivity contribution in [3.8, 4) is 0 Å². The molecule has 27 heavy (non-hydrogen) atoms. The summed E-state index contributed by atoms with van der Waals surface area (Å²) in [5.74, 6) is 0.887. The van der Waals surface area contributed by atoms with Crippen molar-refractivity contribution in [1.82, 2.24) is 24.9 Å². The maximum absolute atomic E-state index is 4.76. The number of hydrogen-bond donors (Lipinski definition) is 2. The van der Waals surface area contributed by atoms with Crippen LogP contribution < -0.4 is 10.6 Å². The lowest BCUT2D eigenvalue weighted by Gasteiger charge is -2.12. The molecule has 0 radical (unpaired) electrons. The van der Waals surface area contributed by atoms with Gasteiger partial charge >= 0.3 is 0 Å². The van der Waals surface area contributed by atoms with Crippen LogP contribution in [0.2, 0.25) is 0 Å². The molecule has 0 bridgehead atoms. The Morgan fingerprint density at radius 3 is 3.07 bits per heavy atom. The standard InChI is InChI=1S/C21H22N6/c1-3-16-11-15(5-6-19(16)23-10-1)12-18-14-25-21-8-7-20(26-27(18)21)24-13-17-4-2-9-22-17/h1,3,5-8,10-11,14,17,22H,2,4,9,12-13H2,(H,24,26). The monoisotopic (exact) mass is 358 g/mol. The first kappa shape index (κ1) is 16.2. The number of rotatable bonds is 5. The maximum Gasteiger partial charge on any atom is 0.153 e. The van der Waals surface area contributed by atoms with Crippen LogP contribution in [0, 0.1) is 0 Å². The third-order valence-electron chi connectivity index (χ3n) is 5.18. The topological polar surface area (TPSA) is 67.1 Å². The largest absolute Gasteiger partial charge is 0.367 e. The van der Waals surface area contributed by atoms with E-state index < -0.39 is 0 Å². The van der Waals surface area contributed by atoms with E-state index in [0.717, 1.165) is 47.6 Å². The summed E-state index contributed by atoms with van der Waals surface area (Å²) >= 11 is 0. The van der Waals surface area contributed by atoms with Crippen molar-refractivity contribution in [2.24, 2.45) is 0 Å². The number of fused-ring (bicyclic) bond motifs is 2. The number of nitrogens with one attached hydrogen (secondary N) is 2. The minimum atomic E-state index is 0.538. The van der Waals surface area contributed by atoms with Crippen LogP contribution in [0.5, 0.6) is 0 Å². The Kier molecular flexibility index (Phi) is 4.18. The average molecular weight is 358 g/mol. The maximum atomic E-state index is 4.76. The van der Waals surface area contributed by atoms with E-state index >= 15 is 0 Å². The number of pyridine rings is 1. The highest BCUT2D eigenvalue weighted by Gasteiger charge is 2.14. The number of nitrogens with zero attached hydrogens (tertiary/aromatic N) is 4. The van der Waals surface area contributed by atoms with Crippen molar-refractivity contribution >= 4 is 22.4 Å². The van der Waals surface area contributed by atoms with Gasteiger partial charge in [0.05, 0.1) is 17.4 Å². The molecule has 136 valence electrons. The fourth-order valence-electron chi connectivity index (χ4n) is 3.74. The van der Waals surface area contributed by atoms with E-state index in [1.165, 1.54) is 18.4 Å². The molecule has 0 spiro atoms. The second kappa shape index (κ2) is 6.96. The molecular weight excluding hydrogens is 336 g/mol. The Balaban J connectivity index is 1.39. The number of hydrogen-bond acceptors (Lipinski definition) is 5. The van der Waals surface area contributed by atoms with Crippen molar-refractivity contribution in [2.45, 2.75) is 25.3 Å². The minimum Gasteiger partial charge on any atom is -0.367 e. The van der Waals surface area contributed by atoms with Crippen LogP contribution in [0.4, 0.5) is 5.82 Å². The Labute approximate surface area is 157 Å². The Morgan fingerprint density at radius 1 is 1.15 bits per heavy atom. The van der Waals surface area contributed by atoms with Gasteiger partial charge in [-0.2, -0.15) is 0 Å². The van der Waals surface area contributed by atoms with Crippen LogP contribution >= 0.6 is 0 Å². The average Bonchev–Trinajstić information content (AvgIpc) is 3.36. The third kappa shape index (κ3) is 3.36. The van der Waals surface area contributed by atoms with Crippen molar-refractivity contribution in [1.29, 1.82) is 0 Å². The molecule has 4 aromatic rings. The molecule has 1 aliphatic heterocycles. The molecule has 1 aliphatic rings. The van der Waals surface area contributed by atoms with E-state index in [-0.39, 0.29) is 0 Å². The van der Waals surface area contributed by atoms with Crippen LogP contribution in [-0.2, 0) is 6.42 Å². The normalized spacial score (nSPS) is 17.0. The predicted octanol–water partition coefficient (Wildman–Crippen LogP) is 3.03. The molecule has 0 saturated carbocycles. The van der Waals surface area contributed by atoms with Crippen LogP contribution in [0.3, 0.4) is 0 Å². The summed E-state index contributed by atoms with van der Waals surface area (Å²) in [7, 11) is 0. The summed E-state index contributed by atoms with van der Waals surface area (Å²) in [5.41, 5.74) is 4.20. The van der Waals surface area contributed by atoms with E-state index in [2.05, 4.69) is 44.9 Å². The van der Waals surface area contributed by atoms with Gasteiger partial charge in [0.15, 0.2) is 5.65 Å². The fraction of sp³-hybridized carbons (Fsp3) is 0.286. The highest BCUT2D eigenvalue weighted by molar-refractivity contribution is 5.79. The molecule has 3 aromatic heterocycles. The lowest BCUT2D eigenvalue weighted by molar-refractivity contribution is 0.631. The molecule has 1 aromatic carbocycles. The molecule has 0 amide bonds. The van der Waals surface area contributed by atoms with Crippen LogP contribution in [0.15, 0.2) is 54.9 Å². The van der Waals surface area contributed by atoms with Gasteiger partial charge in [-0.1, -0.05) is 12.1 Å². The van der Waals surface area contributed by atoms with Gasteiger partial charge in [0.1, 0.15) is 5.82 Å². The van der Waals surface area contributed by atoms with Gasteiger partial charge in [0, 0.05) is 30.6 Å². The molecule has 5 rings (SSSR count). The number of benzene rings is 1. The molecule has 2 N–H and O–H groups in total. The lowest BCUT2D eigenvalue weighted by atomic mass is 10.1. The zero-order valence-corrected chi connectivity index (χ0v) is 15.1. The summed E-state index contributed by atoms with van der Waals surface area (Å²) < 4.78 is 1.94. The highest BCUT2D eigenvalue weighted by atomic mass is 15.3. The van der Waals surface area contributed by atoms with Crippen molar-refractivity contribution in [2.75, 3.05) is 18.4 Å². The first-order valence-corrected chi connectivity index (χ1v) is 9.50. The molecule has 6 heteroatoms. The summed E-state index contributed by atoms with van der Waals surface area (Å²) in [6, 6.07) is 15.0. The van der Waals surface area contributed by atoms with Crippen molar-refractivity contribution in [3.63, 3.8) is 0 Å². The molecule has 1 saturated heterocycles. The van der Waals surface area contributed by atoms with Crippen molar-refractivity contribution in [3.05, 3.63) is 66.1 Å². The predicted molar refractivity (Wildman–Crippen MR) is 107 cm³/mol. The van der Waals surface area contributed by atoms with Crippen molar-refractivity contribution < 1.29 is 0 Å². The van der Waals surface area contributed by atoms with Crippen LogP contribution in [0.1, 0.15) is 24.1 Å². The molecule has 1 unspecified atom stereocenters. The first-order chi connectivity index (χ1) is 13.3. The molecule has 1 fully saturated rings. The van der Waals surface area contributed by atoms with Gasteiger partial charge in [-0.3, -0.25) is 4.98 Å². The molecular formula is C21H22N6. The first-order valence-electron chi connectivity index (χ1n) is 9.50. The second-order valence-electron chi connectivity index (χ2n) is 7.12. The van der Waals surface area contributed by atoms with Gasteiger partial charge in [0.2, 0.25) is 0 Å². The van der Waals surface area contributed by atoms with Crippen LogP contribution in [-0.4, -0.2) is 38.7 Å². The van der Waals surface area contributed by atoms with Gasteiger partial charge in [-0.15, -0.1) is 5.10 Å². The van der Waals surface area contributed by atoms with Gasteiger partial charge in [0.25, 0.3) is 0 Å². The Morgan fingerprint density at radius 2 is 2.15 bits per heavy atom. The molecule has 0 aliphatic carbocycles. The quantitative estimate of drug-likeness (QED) is 0.574. The number of imidazole rings is 1. The Bertz CT molecular complexity index is 1080. The lowest BCUT2D eigenvalue weighted by Crippen LogP contribution is -2.29. The van der Waals surface area contributed by atoms with E-state index in [1.807, 2.05) is 35.1 Å². The van der Waals surface area contributed by atoms with Gasteiger partial charge in [-0.05, 0) is 55.3 Å². The fourth-order valence-corrected chi connectivity index (χ4v) is 3.74. The number of anilines is 1.